The Kier molecular flexibility index (Phi) is 12.1. The van der Waals surface area contributed by atoms with Gasteiger partial charge in [-0.1, -0.05) is 18.5 Å². The second-order valence-corrected chi connectivity index (χ2v) is 16.5. The molecule has 19 heteroatoms. The van der Waals surface area contributed by atoms with Crippen molar-refractivity contribution in [1.82, 2.24) is 20.1 Å². The third-order valence-electron chi connectivity index (χ3n) is 11.4. The summed E-state index contributed by atoms with van der Waals surface area (Å²) in [6.07, 6.45) is -0.676. The van der Waals surface area contributed by atoms with Crippen LogP contribution in [-0.2, 0) is 31.8 Å². The minimum absolute atomic E-state index is 0.0232. The molecule has 0 saturated carbocycles. The average molecular weight is 866 g/mol. The second-order valence-electron chi connectivity index (χ2n) is 15.7. The van der Waals surface area contributed by atoms with E-state index in [-0.39, 0.29) is 47.7 Å². The Morgan fingerprint density at radius 1 is 1.05 bits per heavy atom. The number of halogens is 4. The van der Waals surface area contributed by atoms with Crippen molar-refractivity contribution >= 4 is 75.3 Å². The van der Waals surface area contributed by atoms with Crippen LogP contribution < -0.4 is 30.5 Å². The lowest BCUT2D eigenvalue weighted by atomic mass is 9.91. The number of nitrogens with zero attached hydrogens (tertiary/aromatic N) is 6. The van der Waals surface area contributed by atoms with Gasteiger partial charge in [-0.25, -0.2) is 4.98 Å². The van der Waals surface area contributed by atoms with Crippen LogP contribution in [0.1, 0.15) is 63.3 Å². The molecular weight excluding hydrogens is 823 g/mol. The van der Waals surface area contributed by atoms with Gasteiger partial charge in [0, 0.05) is 60.2 Å². The van der Waals surface area contributed by atoms with E-state index in [1.165, 1.54) is 6.07 Å². The summed E-state index contributed by atoms with van der Waals surface area (Å²) in [5, 5.41) is 17.9. The number of rotatable bonds is 12. The lowest BCUT2D eigenvalue weighted by Crippen LogP contribution is -2.63. The number of alkyl halides is 3. The number of piperazine rings is 1. The first-order chi connectivity index (χ1) is 28.5. The monoisotopic (exact) mass is 865 g/mol. The molecule has 3 aromatic rings. The van der Waals surface area contributed by atoms with Gasteiger partial charge in [-0.2, -0.15) is 18.4 Å². The van der Waals surface area contributed by atoms with Crippen LogP contribution in [0.5, 0.6) is 5.75 Å². The zero-order chi connectivity index (χ0) is 43.1. The maximum Gasteiger partial charge on any atom is 0.419 e. The summed E-state index contributed by atoms with van der Waals surface area (Å²) >= 11 is 12.0. The van der Waals surface area contributed by atoms with Crippen molar-refractivity contribution in [2.45, 2.75) is 82.7 Å². The Bertz CT molecular complexity index is 2290. The van der Waals surface area contributed by atoms with Crippen LogP contribution in [0.2, 0.25) is 5.02 Å². The van der Waals surface area contributed by atoms with Gasteiger partial charge in [0.1, 0.15) is 30.0 Å². The fourth-order valence-corrected chi connectivity index (χ4v) is 9.12. The molecule has 4 amide bonds. The lowest BCUT2D eigenvalue weighted by molar-refractivity contribution is -0.138. The first-order valence-electron chi connectivity index (χ1n) is 19.6. The van der Waals surface area contributed by atoms with E-state index in [1.54, 1.807) is 43.0 Å². The molecule has 5 saturated heterocycles. The largest absolute Gasteiger partial charge is 0.492 e. The summed E-state index contributed by atoms with van der Waals surface area (Å²) in [4.78, 5) is 61.5. The van der Waals surface area contributed by atoms with Gasteiger partial charge < -0.3 is 20.3 Å². The van der Waals surface area contributed by atoms with Crippen LogP contribution in [0, 0.1) is 11.3 Å². The fourth-order valence-electron chi connectivity index (χ4n) is 8.37. The fraction of sp³-hybridized carbons (Fsp3) is 0.439. The normalized spacial score (nSPS) is 21.9. The van der Waals surface area contributed by atoms with E-state index in [9.17, 15) is 37.6 Å². The molecule has 60 heavy (non-hydrogen) atoms. The molecule has 1 unspecified atom stereocenters. The molecule has 0 spiro atoms. The molecule has 0 radical (unpaired) electrons. The van der Waals surface area contributed by atoms with E-state index in [1.807, 2.05) is 19.1 Å². The second kappa shape index (κ2) is 17.0. The van der Waals surface area contributed by atoms with Crippen LogP contribution in [0.4, 0.5) is 35.9 Å². The van der Waals surface area contributed by atoms with Crippen LogP contribution >= 0.6 is 23.8 Å². The minimum atomic E-state index is -4.86. The van der Waals surface area contributed by atoms with Gasteiger partial charge in [-0.15, -0.1) is 0 Å². The number of pyridine rings is 1. The van der Waals surface area contributed by atoms with Crippen molar-refractivity contribution in [1.29, 1.82) is 5.26 Å². The Hall–Kier alpha value is -5.35. The van der Waals surface area contributed by atoms with Gasteiger partial charge in [-0.3, -0.25) is 39.2 Å². The highest BCUT2D eigenvalue weighted by Crippen LogP contribution is 2.40. The Labute approximate surface area is 355 Å². The van der Waals surface area contributed by atoms with Crippen molar-refractivity contribution in [2.75, 3.05) is 53.2 Å². The number of hydrogen-bond donors (Lipinski definition) is 3. The molecular formula is C41H43ClF3N9O5S. The van der Waals surface area contributed by atoms with Gasteiger partial charge in [0.2, 0.25) is 17.7 Å². The molecule has 5 aliphatic heterocycles. The molecule has 3 N–H and O–H groups in total. The number of thiocarbonyl (C=S) groups is 1. The van der Waals surface area contributed by atoms with E-state index in [4.69, 9.17) is 28.6 Å². The average Bonchev–Trinajstić information content (AvgIpc) is 3.37. The molecule has 5 fully saturated rings. The number of nitriles is 1. The third kappa shape index (κ3) is 8.76. The predicted octanol–water partition coefficient (Wildman–Crippen LogP) is 5.49. The summed E-state index contributed by atoms with van der Waals surface area (Å²) in [7, 11) is 0. The molecule has 0 aliphatic carbocycles. The maximum absolute atomic E-state index is 13.8. The molecule has 316 valence electrons. The molecule has 3 atom stereocenters. The molecule has 14 nitrogen and oxygen atoms in total. The molecule has 2 bridgehead atoms. The van der Waals surface area contributed by atoms with E-state index in [2.05, 4.69) is 30.7 Å². The smallest absolute Gasteiger partial charge is 0.419 e. The summed E-state index contributed by atoms with van der Waals surface area (Å²) in [5.41, 5.74) is -1.02. The number of nitrogens with one attached hydrogen (secondary N) is 3. The Balaban J connectivity index is 0.938. The van der Waals surface area contributed by atoms with E-state index < -0.39 is 40.8 Å². The van der Waals surface area contributed by atoms with Crippen molar-refractivity contribution in [3.05, 3.63) is 70.5 Å². The van der Waals surface area contributed by atoms with E-state index >= 15 is 0 Å². The zero-order valence-corrected chi connectivity index (χ0v) is 34.6. The number of imide groups is 1. The molecule has 6 heterocycles. The SMILES string of the molecule is CCc1cc(N2C(=S)N(c3cnc(C#N)c(C(F)(F)F)c3)C(=O)C2(C)C)ccc1OCCN1C[C@H]2CC[C@@H]1CN2CC(=O)Nc1cc(Cl)cc(NC2CCC(=O)NC2=O)c1. The number of aromatic nitrogens is 1. The number of hydrogen-bond acceptors (Lipinski definition) is 11. The number of aryl methyl sites for hydroxylation is 1. The topological polar surface area (TPSA) is 163 Å². The van der Waals surface area contributed by atoms with Gasteiger partial charge in [0.15, 0.2) is 10.8 Å². The number of carbonyl (C=O) groups excluding carboxylic acids is 4. The van der Waals surface area contributed by atoms with Crippen LogP contribution in [0.3, 0.4) is 0 Å². The molecule has 8 rings (SSSR count). The third-order valence-corrected chi connectivity index (χ3v) is 12.0. The number of benzene rings is 2. The molecule has 2 aromatic carbocycles. The van der Waals surface area contributed by atoms with Gasteiger partial charge >= 0.3 is 6.18 Å². The quantitative estimate of drug-likeness (QED) is 0.155. The highest BCUT2D eigenvalue weighted by atomic mass is 35.5. The van der Waals surface area contributed by atoms with E-state index in [0.717, 1.165) is 48.7 Å². The van der Waals surface area contributed by atoms with Crippen molar-refractivity contribution < 1.29 is 37.1 Å². The Morgan fingerprint density at radius 2 is 1.77 bits per heavy atom. The first-order valence-corrected chi connectivity index (χ1v) is 20.4. The minimum Gasteiger partial charge on any atom is -0.492 e. The van der Waals surface area contributed by atoms with E-state index in [0.29, 0.717) is 53.8 Å². The summed E-state index contributed by atoms with van der Waals surface area (Å²) in [6, 6.07) is 12.5. The van der Waals surface area contributed by atoms with Gasteiger partial charge in [-0.05, 0) is 99.8 Å². The van der Waals surface area contributed by atoms with Crippen molar-refractivity contribution in [3.8, 4) is 11.8 Å². The number of carbonyl (C=O) groups is 4. The molecule has 1 aromatic heterocycles. The number of fused-ring (bicyclic) bond motifs is 3. The first kappa shape index (κ1) is 42.8. The number of anilines is 4. The highest BCUT2D eigenvalue weighted by molar-refractivity contribution is 7.81. The Morgan fingerprint density at radius 3 is 2.43 bits per heavy atom. The van der Waals surface area contributed by atoms with Crippen molar-refractivity contribution in [2.24, 2.45) is 0 Å². The van der Waals surface area contributed by atoms with Crippen LogP contribution in [0.15, 0.2) is 48.7 Å². The van der Waals surface area contributed by atoms with Crippen LogP contribution in [0.25, 0.3) is 0 Å². The van der Waals surface area contributed by atoms with Gasteiger partial charge in [0.05, 0.1) is 24.0 Å². The number of piperidine rings is 3. The number of ether oxygens (including phenoxy) is 1. The number of amides is 4. The van der Waals surface area contributed by atoms with Crippen molar-refractivity contribution in [3.63, 3.8) is 0 Å². The van der Waals surface area contributed by atoms with Crippen LogP contribution in [-0.4, -0.2) is 100.0 Å². The lowest BCUT2D eigenvalue weighted by Gasteiger charge is -2.51. The standard InChI is InChI=1S/C41H43ClF3N9O5S/c1-4-23-13-27(54-39(60)53(38(58)40(54,2)3)30-17-31(41(43,44)45)33(18-46)47-19-30)7-9-34(23)59-12-11-51-20-29-6-5-28(51)21-52(29)22-36(56)49-26-15-24(42)14-25(16-26)48-32-8-10-35(55)50-37(32)57/h7,9,13-17,19,28-29,32,48H,4-6,8,10-12,20-22H2,1-3H3,(H,49,56)(H,50,55,57)/t28-,29-,32?/m1/s1. The summed E-state index contributed by atoms with van der Waals surface area (Å²) < 4.78 is 47.6. The molecule has 5 aliphatic rings. The summed E-state index contributed by atoms with van der Waals surface area (Å²) in [5.74, 6) is -0.775. The van der Waals surface area contributed by atoms with Gasteiger partial charge in [0.25, 0.3) is 5.91 Å². The zero-order valence-electron chi connectivity index (χ0n) is 33.1. The maximum atomic E-state index is 13.8. The summed E-state index contributed by atoms with van der Waals surface area (Å²) in [6.45, 7) is 8.04. The highest BCUT2D eigenvalue weighted by Gasteiger charge is 2.51. The predicted molar refractivity (Wildman–Crippen MR) is 222 cm³/mol.